The lowest BCUT2D eigenvalue weighted by Gasteiger charge is -2.24. The van der Waals surface area contributed by atoms with Crippen molar-refractivity contribution in [2.24, 2.45) is 0 Å². The van der Waals surface area contributed by atoms with Gasteiger partial charge in [-0.25, -0.2) is 9.97 Å². The second-order valence-corrected chi connectivity index (χ2v) is 8.44. The number of aromatic nitrogens is 2. The van der Waals surface area contributed by atoms with Crippen LogP contribution in [0.25, 0.3) is 10.9 Å². The Balaban J connectivity index is 1.32. The van der Waals surface area contributed by atoms with Crippen LogP contribution in [-0.2, 0) is 4.79 Å². The minimum atomic E-state index is -0.968. The number of aliphatic carboxylic acids is 1. The number of fused-ring (bicyclic) bond motifs is 2. The van der Waals surface area contributed by atoms with Crippen LogP contribution in [0.3, 0.4) is 0 Å². The van der Waals surface area contributed by atoms with Gasteiger partial charge < -0.3 is 14.6 Å². The third-order valence-corrected chi connectivity index (χ3v) is 5.92. The molecule has 0 spiro atoms. The molecule has 1 aliphatic heterocycles. The molecule has 10 heteroatoms. The maximum absolute atomic E-state index is 12.7. The standard InChI is InChI=1S/C26H17ClN4O5/c27-17-3-6-21-16(9-17)13-29-26(30-21)31-24(32)14-1-4-18(5-2-14)36-22-11-23-20(10-15(22)12-28)19(25(33)34)7-8-35-23/h1-6,9-11,13,19H,7-8H2,(H,33,34)(H,29,30,31,32). The first-order valence-electron chi connectivity index (χ1n) is 10.9. The highest BCUT2D eigenvalue weighted by Gasteiger charge is 2.29. The number of carbonyl (C=O) groups is 2. The van der Waals surface area contributed by atoms with Crippen LogP contribution in [-0.4, -0.2) is 33.6 Å². The summed E-state index contributed by atoms with van der Waals surface area (Å²) in [6, 6.07) is 16.5. The molecule has 0 fully saturated rings. The highest BCUT2D eigenvalue weighted by molar-refractivity contribution is 6.31. The Morgan fingerprint density at radius 2 is 1.97 bits per heavy atom. The number of amides is 1. The molecule has 36 heavy (non-hydrogen) atoms. The molecular weight excluding hydrogens is 484 g/mol. The largest absolute Gasteiger partial charge is 0.493 e. The molecule has 3 aromatic carbocycles. The van der Waals surface area contributed by atoms with Crippen molar-refractivity contribution < 1.29 is 24.2 Å². The van der Waals surface area contributed by atoms with Gasteiger partial charge in [-0.05, 0) is 55.0 Å². The van der Waals surface area contributed by atoms with Crippen LogP contribution < -0.4 is 14.8 Å². The molecule has 1 atom stereocenters. The van der Waals surface area contributed by atoms with E-state index in [4.69, 9.17) is 21.1 Å². The fourth-order valence-corrected chi connectivity index (χ4v) is 4.07. The molecular formula is C26H17ClN4O5. The lowest BCUT2D eigenvalue weighted by Crippen LogP contribution is -2.21. The van der Waals surface area contributed by atoms with Gasteiger partial charge in [0.1, 0.15) is 23.3 Å². The van der Waals surface area contributed by atoms with Gasteiger partial charge >= 0.3 is 5.97 Å². The highest BCUT2D eigenvalue weighted by atomic mass is 35.5. The van der Waals surface area contributed by atoms with Gasteiger partial charge in [0.2, 0.25) is 5.95 Å². The van der Waals surface area contributed by atoms with E-state index < -0.39 is 17.8 Å². The van der Waals surface area contributed by atoms with E-state index in [1.165, 1.54) is 12.1 Å². The molecule has 0 saturated heterocycles. The fourth-order valence-electron chi connectivity index (χ4n) is 3.89. The van der Waals surface area contributed by atoms with Crippen molar-refractivity contribution in [2.75, 3.05) is 11.9 Å². The van der Waals surface area contributed by atoms with Gasteiger partial charge in [0, 0.05) is 33.8 Å². The van der Waals surface area contributed by atoms with Crippen LogP contribution in [0.5, 0.6) is 17.2 Å². The Labute approximate surface area is 209 Å². The Morgan fingerprint density at radius 3 is 2.72 bits per heavy atom. The van der Waals surface area contributed by atoms with Crippen LogP contribution in [0.15, 0.2) is 60.8 Å². The molecule has 178 valence electrons. The van der Waals surface area contributed by atoms with Crippen LogP contribution in [0, 0.1) is 11.3 Å². The van der Waals surface area contributed by atoms with Crippen LogP contribution in [0.4, 0.5) is 5.95 Å². The second-order valence-electron chi connectivity index (χ2n) is 8.00. The number of carboxylic acids is 1. The van der Waals surface area contributed by atoms with Crippen LogP contribution >= 0.6 is 11.6 Å². The molecule has 5 rings (SSSR count). The van der Waals surface area contributed by atoms with Gasteiger partial charge in [0.05, 0.1) is 23.6 Å². The average molecular weight is 501 g/mol. The highest BCUT2D eigenvalue weighted by Crippen LogP contribution is 2.39. The van der Waals surface area contributed by atoms with Crippen molar-refractivity contribution in [3.8, 4) is 23.3 Å². The Hall–Kier alpha value is -4.68. The lowest BCUT2D eigenvalue weighted by molar-refractivity contribution is -0.139. The average Bonchev–Trinajstić information content (AvgIpc) is 2.88. The van der Waals surface area contributed by atoms with E-state index in [0.717, 1.165) is 5.39 Å². The van der Waals surface area contributed by atoms with Crippen molar-refractivity contribution in [1.82, 2.24) is 9.97 Å². The number of nitriles is 1. The quantitative estimate of drug-likeness (QED) is 0.384. The van der Waals surface area contributed by atoms with E-state index in [9.17, 15) is 20.0 Å². The van der Waals surface area contributed by atoms with Crippen molar-refractivity contribution >= 4 is 40.3 Å². The Kier molecular flexibility index (Phi) is 6.10. The monoisotopic (exact) mass is 500 g/mol. The number of halogens is 1. The molecule has 1 aromatic heterocycles. The van der Waals surface area contributed by atoms with Gasteiger partial charge in [0.15, 0.2) is 0 Å². The van der Waals surface area contributed by atoms with Crippen molar-refractivity contribution in [2.45, 2.75) is 12.3 Å². The molecule has 2 N–H and O–H groups in total. The van der Waals surface area contributed by atoms with Gasteiger partial charge in [-0.15, -0.1) is 0 Å². The summed E-state index contributed by atoms with van der Waals surface area (Å²) in [7, 11) is 0. The molecule has 0 aliphatic carbocycles. The number of anilines is 1. The van der Waals surface area contributed by atoms with Crippen molar-refractivity contribution in [3.63, 3.8) is 0 Å². The number of rotatable bonds is 5. The number of carboxylic acid groups (broad SMARTS) is 1. The van der Waals surface area contributed by atoms with E-state index in [1.807, 2.05) is 6.07 Å². The number of hydrogen-bond acceptors (Lipinski definition) is 7. The summed E-state index contributed by atoms with van der Waals surface area (Å²) in [4.78, 5) is 32.7. The number of hydrogen-bond donors (Lipinski definition) is 2. The first-order chi connectivity index (χ1) is 17.4. The summed E-state index contributed by atoms with van der Waals surface area (Å²) in [6.45, 7) is 0.258. The van der Waals surface area contributed by atoms with E-state index in [0.29, 0.717) is 39.6 Å². The van der Waals surface area contributed by atoms with Crippen LogP contribution in [0.1, 0.15) is 33.8 Å². The summed E-state index contributed by atoms with van der Waals surface area (Å²) < 4.78 is 11.5. The van der Waals surface area contributed by atoms with Crippen molar-refractivity contribution in [3.05, 3.63) is 82.5 Å². The van der Waals surface area contributed by atoms with Gasteiger partial charge in [-0.2, -0.15) is 5.26 Å². The zero-order valence-corrected chi connectivity index (χ0v) is 19.3. The maximum atomic E-state index is 12.7. The Morgan fingerprint density at radius 1 is 1.17 bits per heavy atom. The summed E-state index contributed by atoms with van der Waals surface area (Å²) in [5.74, 6) is -0.980. The van der Waals surface area contributed by atoms with Gasteiger partial charge in [-0.3, -0.25) is 14.9 Å². The minimum absolute atomic E-state index is 0.155. The van der Waals surface area contributed by atoms with E-state index in [-0.39, 0.29) is 23.9 Å². The maximum Gasteiger partial charge on any atom is 0.311 e. The lowest BCUT2D eigenvalue weighted by atomic mass is 9.91. The zero-order valence-electron chi connectivity index (χ0n) is 18.6. The van der Waals surface area contributed by atoms with Gasteiger partial charge in [0.25, 0.3) is 5.91 Å². The number of carbonyl (C=O) groups excluding carboxylic acids is 1. The number of ether oxygens (including phenoxy) is 2. The topological polar surface area (TPSA) is 134 Å². The number of benzene rings is 3. The SMILES string of the molecule is N#Cc1cc2c(cc1Oc1ccc(C(=O)Nc3ncc4cc(Cl)ccc4n3)cc1)OCCC2C(=O)O. The predicted octanol–water partition coefficient (Wildman–Crippen LogP) is 5.15. The molecule has 1 aliphatic rings. The molecule has 0 saturated carbocycles. The summed E-state index contributed by atoms with van der Waals surface area (Å²) in [5, 5.41) is 23.0. The minimum Gasteiger partial charge on any atom is -0.493 e. The number of nitrogens with one attached hydrogen (secondary N) is 1. The first-order valence-corrected chi connectivity index (χ1v) is 11.2. The predicted molar refractivity (Wildman–Crippen MR) is 131 cm³/mol. The molecule has 9 nitrogen and oxygen atoms in total. The molecule has 1 amide bonds. The third kappa shape index (κ3) is 4.62. The van der Waals surface area contributed by atoms with Crippen LogP contribution in [0.2, 0.25) is 5.02 Å². The number of nitrogens with zero attached hydrogens (tertiary/aromatic N) is 3. The van der Waals surface area contributed by atoms with E-state index in [1.54, 1.807) is 48.7 Å². The molecule has 2 heterocycles. The summed E-state index contributed by atoms with van der Waals surface area (Å²) >= 11 is 5.97. The van der Waals surface area contributed by atoms with Gasteiger partial charge in [-0.1, -0.05) is 11.6 Å². The Bertz CT molecular complexity index is 1550. The normalized spacial score (nSPS) is 14.3. The van der Waals surface area contributed by atoms with E-state index >= 15 is 0 Å². The molecule has 1 unspecified atom stereocenters. The molecule has 4 aromatic rings. The van der Waals surface area contributed by atoms with E-state index in [2.05, 4.69) is 15.3 Å². The summed E-state index contributed by atoms with van der Waals surface area (Å²) in [6.07, 6.45) is 1.91. The molecule has 0 radical (unpaired) electrons. The smallest absolute Gasteiger partial charge is 0.311 e. The second kappa shape index (κ2) is 9.52. The van der Waals surface area contributed by atoms with Crippen molar-refractivity contribution in [1.29, 1.82) is 5.26 Å². The fraction of sp³-hybridized carbons (Fsp3) is 0.115. The molecule has 0 bridgehead atoms. The first kappa shape index (κ1) is 23.1. The third-order valence-electron chi connectivity index (χ3n) is 5.68. The zero-order chi connectivity index (χ0) is 25.2. The summed E-state index contributed by atoms with van der Waals surface area (Å²) in [5.41, 5.74) is 1.62.